The van der Waals surface area contributed by atoms with Crippen molar-refractivity contribution in [2.24, 2.45) is 0 Å². The molecule has 0 saturated carbocycles. The molecule has 0 bridgehead atoms. The Hall–Kier alpha value is -2.66. The minimum Gasteiger partial charge on any atom is -0.494 e. The van der Waals surface area contributed by atoms with Crippen LogP contribution < -0.4 is 9.64 Å². The van der Waals surface area contributed by atoms with Crippen LogP contribution in [-0.2, 0) is 20.6 Å². The van der Waals surface area contributed by atoms with Gasteiger partial charge < -0.3 is 14.7 Å². The zero-order valence-corrected chi connectivity index (χ0v) is 17.6. The van der Waals surface area contributed by atoms with Gasteiger partial charge in [-0.05, 0) is 42.5 Å². The van der Waals surface area contributed by atoms with E-state index in [4.69, 9.17) is 4.74 Å². The van der Waals surface area contributed by atoms with Crippen molar-refractivity contribution >= 4 is 17.4 Å². The van der Waals surface area contributed by atoms with Gasteiger partial charge in [-0.25, -0.2) is 0 Å². The molecule has 1 atom stereocenters. The average molecular weight is 395 g/mol. The number of ether oxygens (including phenoxy) is 1. The molecule has 154 valence electrons. The summed E-state index contributed by atoms with van der Waals surface area (Å²) in [5, 5.41) is 10.9. The first-order valence-corrected chi connectivity index (χ1v) is 9.99. The fourth-order valence-electron chi connectivity index (χ4n) is 3.72. The molecular formula is C24H29NO4. The molecule has 5 heteroatoms. The number of anilines is 1. The molecule has 0 aromatic heterocycles. The van der Waals surface area contributed by atoms with Gasteiger partial charge in [0.25, 0.3) is 5.91 Å². The number of aliphatic hydroxyl groups is 1. The van der Waals surface area contributed by atoms with Crippen molar-refractivity contribution in [1.82, 2.24) is 0 Å². The summed E-state index contributed by atoms with van der Waals surface area (Å²) < 4.78 is 5.82. The summed E-state index contributed by atoms with van der Waals surface area (Å²) in [6.45, 7) is 8.75. The van der Waals surface area contributed by atoms with E-state index in [-0.39, 0.29) is 17.6 Å². The van der Waals surface area contributed by atoms with E-state index in [1.165, 1.54) is 12.5 Å². The van der Waals surface area contributed by atoms with Gasteiger partial charge in [0.05, 0.1) is 12.3 Å². The molecule has 5 nitrogen and oxygen atoms in total. The van der Waals surface area contributed by atoms with E-state index in [1.54, 1.807) is 23.1 Å². The van der Waals surface area contributed by atoms with Crippen LogP contribution in [0, 0.1) is 0 Å². The molecule has 0 unspecified atom stereocenters. The lowest BCUT2D eigenvalue weighted by Crippen LogP contribution is -2.42. The number of para-hydroxylation sites is 1. The van der Waals surface area contributed by atoms with E-state index in [0.717, 1.165) is 5.75 Å². The second-order valence-electron chi connectivity index (χ2n) is 8.69. The summed E-state index contributed by atoms with van der Waals surface area (Å²) >= 11 is 0. The highest BCUT2D eigenvalue weighted by atomic mass is 16.5. The highest BCUT2D eigenvalue weighted by Gasteiger charge is 2.49. The van der Waals surface area contributed by atoms with Crippen molar-refractivity contribution in [2.45, 2.75) is 51.6 Å². The molecule has 1 heterocycles. The smallest absolute Gasteiger partial charge is 0.264 e. The second-order valence-corrected chi connectivity index (χ2v) is 8.69. The van der Waals surface area contributed by atoms with Crippen molar-refractivity contribution in [3.63, 3.8) is 0 Å². The number of carbonyl (C=O) groups excluding carboxylic acids is 2. The summed E-state index contributed by atoms with van der Waals surface area (Å²) in [4.78, 5) is 26.1. The van der Waals surface area contributed by atoms with Gasteiger partial charge in [-0.15, -0.1) is 0 Å². The molecule has 2 aromatic rings. The molecular weight excluding hydrogens is 366 g/mol. The Labute approximate surface area is 172 Å². The molecule has 1 aliphatic heterocycles. The second kappa shape index (κ2) is 7.99. The van der Waals surface area contributed by atoms with Crippen molar-refractivity contribution in [3.8, 4) is 5.75 Å². The number of carbonyl (C=O) groups is 2. The predicted molar refractivity (Wildman–Crippen MR) is 113 cm³/mol. The number of rotatable bonds is 7. The van der Waals surface area contributed by atoms with E-state index in [2.05, 4.69) is 32.9 Å². The van der Waals surface area contributed by atoms with Gasteiger partial charge in [0.1, 0.15) is 11.5 Å². The van der Waals surface area contributed by atoms with Gasteiger partial charge in [-0.3, -0.25) is 9.59 Å². The molecule has 0 fully saturated rings. The molecule has 0 radical (unpaired) electrons. The van der Waals surface area contributed by atoms with Crippen molar-refractivity contribution in [1.29, 1.82) is 0 Å². The third-order valence-electron chi connectivity index (χ3n) is 5.26. The molecule has 29 heavy (non-hydrogen) atoms. The summed E-state index contributed by atoms with van der Waals surface area (Å²) in [7, 11) is 0. The maximum Gasteiger partial charge on any atom is 0.264 e. The Bertz CT molecular complexity index is 898. The monoisotopic (exact) mass is 395 g/mol. The van der Waals surface area contributed by atoms with Crippen LogP contribution in [0.4, 0.5) is 5.69 Å². The van der Waals surface area contributed by atoms with Crippen LogP contribution in [0.5, 0.6) is 5.75 Å². The fraction of sp³-hybridized carbons (Fsp3) is 0.417. The predicted octanol–water partition coefficient (Wildman–Crippen LogP) is 3.97. The van der Waals surface area contributed by atoms with Crippen molar-refractivity contribution in [2.75, 3.05) is 18.1 Å². The maximum absolute atomic E-state index is 12.9. The van der Waals surface area contributed by atoms with Crippen LogP contribution >= 0.6 is 0 Å². The molecule has 1 amide bonds. The molecule has 0 saturated heterocycles. The van der Waals surface area contributed by atoms with Crippen LogP contribution in [0.15, 0.2) is 48.5 Å². The van der Waals surface area contributed by atoms with Crippen LogP contribution in [0.1, 0.15) is 51.7 Å². The zero-order valence-electron chi connectivity index (χ0n) is 17.6. The van der Waals surface area contributed by atoms with E-state index >= 15 is 0 Å². The Morgan fingerprint density at radius 3 is 2.38 bits per heavy atom. The summed E-state index contributed by atoms with van der Waals surface area (Å²) in [5.41, 5.74) is 0.730. The van der Waals surface area contributed by atoms with Gasteiger partial charge in [0.15, 0.2) is 5.60 Å². The van der Waals surface area contributed by atoms with Crippen molar-refractivity contribution < 1.29 is 19.4 Å². The summed E-state index contributed by atoms with van der Waals surface area (Å²) in [6, 6.07) is 15.2. The maximum atomic E-state index is 12.9. The van der Waals surface area contributed by atoms with Gasteiger partial charge in [-0.1, -0.05) is 51.1 Å². The van der Waals surface area contributed by atoms with Crippen LogP contribution in [0.25, 0.3) is 0 Å². The summed E-state index contributed by atoms with van der Waals surface area (Å²) in [6.07, 6.45) is 0.396. The highest BCUT2D eigenvalue weighted by molar-refractivity contribution is 6.08. The number of nitrogens with zero attached hydrogens (tertiary/aromatic N) is 1. The normalized spacial score (nSPS) is 18.7. The molecule has 3 rings (SSSR count). The van der Waals surface area contributed by atoms with Crippen LogP contribution in [-0.4, -0.2) is 29.9 Å². The number of fused-ring (bicyclic) bond motifs is 1. The first-order valence-electron chi connectivity index (χ1n) is 9.99. The van der Waals surface area contributed by atoms with Crippen molar-refractivity contribution in [3.05, 3.63) is 59.7 Å². The number of amides is 1. The third kappa shape index (κ3) is 4.35. The standard InChI is InChI=1S/C24H29NO4/c1-17(26)16-24(28)20-8-5-6-9-21(20)25(22(24)27)14-7-15-29-19-12-10-18(11-13-19)23(2,3)4/h5-6,8-13,28H,7,14-16H2,1-4H3/t24-/m0/s1. The Morgan fingerprint density at radius 1 is 1.10 bits per heavy atom. The topological polar surface area (TPSA) is 66.8 Å². The lowest BCUT2D eigenvalue weighted by atomic mass is 9.87. The lowest BCUT2D eigenvalue weighted by molar-refractivity contribution is -0.141. The Balaban J connectivity index is 1.62. The lowest BCUT2D eigenvalue weighted by Gasteiger charge is -2.22. The van der Waals surface area contributed by atoms with E-state index in [1.807, 2.05) is 18.2 Å². The van der Waals surface area contributed by atoms with Gasteiger partial charge in [0.2, 0.25) is 0 Å². The Morgan fingerprint density at radius 2 is 1.76 bits per heavy atom. The number of ketones is 1. The molecule has 0 aliphatic carbocycles. The van der Waals surface area contributed by atoms with Gasteiger partial charge in [0, 0.05) is 18.5 Å². The first-order chi connectivity index (χ1) is 13.6. The minimum absolute atomic E-state index is 0.0959. The van der Waals surface area contributed by atoms with E-state index in [0.29, 0.717) is 30.8 Å². The van der Waals surface area contributed by atoms with Gasteiger partial charge >= 0.3 is 0 Å². The minimum atomic E-state index is -1.77. The quantitative estimate of drug-likeness (QED) is 0.721. The molecule has 0 spiro atoms. The Kier molecular flexibility index (Phi) is 5.80. The zero-order chi connectivity index (χ0) is 21.2. The van der Waals surface area contributed by atoms with E-state index in [9.17, 15) is 14.7 Å². The number of hydrogen-bond donors (Lipinski definition) is 1. The summed E-state index contributed by atoms with van der Waals surface area (Å²) in [5.74, 6) is 0.127. The van der Waals surface area contributed by atoms with E-state index < -0.39 is 11.5 Å². The third-order valence-corrected chi connectivity index (χ3v) is 5.26. The van der Waals surface area contributed by atoms with Gasteiger partial charge in [-0.2, -0.15) is 0 Å². The number of hydrogen-bond acceptors (Lipinski definition) is 4. The van der Waals surface area contributed by atoms with Crippen LogP contribution in [0.2, 0.25) is 0 Å². The number of benzene rings is 2. The highest BCUT2D eigenvalue weighted by Crippen LogP contribution is 2.42. The molecule has 2 aromatic carbocycles. The SMILES string of the molecule is CC(=O)C[C@@]1(O)C(=O)N(CCCOc2ccc(C(C)(C)C)cc2)c2ccccc21. The largest absolute Gasteiger partial charge is 0.494 e. The fourth-order valence-corrected chi connectivity index (χ4v) is 3.72. The molecule has 1 aliphatic rings. The van der Waals surface area contributed by atoms with Crippen LogP contribution in [0.3, 0.4) is 0 Å². The molecule has 1 N–H and O–H groups in total. The first kappa shape index (κ1) is 21.1. The average Bonchev–Trinajstić information content (AvgIpc) is 2.86. The number of Topliss-reactive ketones (excluding diaryl/α,β-unsaturated/α-hetero) is 1.